The van der Waals surface area contributed by atoms with Crippen LogP contribution in [0.5, 0.6) is 5.88 Å². The summed E-state index contributed by atoms with van der Waals surface area (Å²) in [6.07, 6.45) is -5.21. The second-order valence-electron chi connectivity index (χ2n) is 6.90. The molecule has 1 unspecified atom stereocenters. The van der Waals surface area contributed by atoms with Gasteiger partial charge in [0.15, 0.2) is 0 Å². The zero-order valence-corrected chi connectivity index (χ0v) is 18.8. The number of nitro benzene ring substituents is 1. The largest absolute Gasteiger partial charge is 0.448 e. The van der Waals surface area contributed by atoms with Crippen LogP contribution in [0.4, 0.5) is 27.6 Å². The lowest BCUT2D eigenvalue weighted by Gasteiger charge is -2.38. The highest BCUT2D eigenvalue weighted by molar-refractivity contribution is 7.55. The van der Waals surface area contributed by atoms with E-state index in [1.165, 1.54) is 0 Å². The van der Waals surface area contributed by atoms with Gasteiger partial charge in [-0.05, 0) is 30.3 Å². The number of hydrogen-bond donors (Lipinski definition) is 0. The molecule has 3 rings (SSSR count). The fourth-order valence-electron chi connectivity index (χ4n) is 3.39. The van der Waals surface area contributed by atoms with Gasteiger partial charge in [-0.15, -0.1) is 0 Å². The van der Waals surface area contributed by atoms with Crippen molar-refractivity contribution >= 4 is 13.3 Å². The molecule has 8 nitrogen and oxygen atoms in total. The Morgan fingerprint density at radius 3 is 2.06 bits per heavy atom. The smallest absolute Gasteiger partial charge is 0.423 e. The SMILES string of the molecule is COP(=O)(OC)C(Oc1cccc(F)n1)(c1ccc(F)cc1)c1ccc([N+](=O)[O-])c(C(F)(F)F)c1. The number of nitrogens with zero attached hydrogens (tertiary/aromatic N) is 2. The first-order chi connectivity index (χ1) is 16.4. The molecular weight excluding hydrogens is 502 g/mol. The summed E-state index contributed by atoms with van der Waals surface area (Å²) in [6.45, 7) is 0. The summed E-state index contributed by atoms with van der Waals surface area (Å²) in [4.78, 5) is 13.5. The van der Waals surface area contributed by atoms with Crippen molar-refractivity contribution in [2.24, 2.45) is 0 Å². The molecule has 1 aromatic heterocycles. The van der Waals surface area contributed by atoms with E-state index in [4.69, 9.17) is 13.8 Å². The van der Waals surface area contributed by atoms with Crippen molar-refractivity contribution in [2.45, 2.75) is 11.5 Å². The Hall–Kier alpha value is -3.41. The van der Waals surface area contributed by atoms with Crippen LogP contribution in [0.3, 0.4) is 0 Å². The highest BCUT2D eigenvalue weighted by atomic mass is 31.2. The molecular formula is C21H16F5N2O6P. The molecule has 0 aliphatic carbocycles. The lowest BCUT2D eigenvalue weighted by molar-refractivity contribution is -0.388. The third kappa shape index (κ3) is 4.88. The number of halogens is 5. The van der Waals surface area contributed by atoms with E-state index in [9.17, 15) is 36.6 Å². The van der Waals surface area contributed by atoms with Crippen LogP contribution >= 0.6 is 7.60 Å². The van der Waals surface area contributed by atoms with E-state index < -0.39 is 58.5 Å². The molecule has 1 atom stereocenters. The molecule has 0 N–H and O–H groups in total. The quantitative estimate of drug-likeness (QED) is 0.118. The minimum atomic E-state index is -5.21. The highest BCUT2D eigenvalue weighted by Crippen LogP contribution is 2.67. The molecule has 14 heteroatoms. The Morgan fingerprint density at radius 1 is 0.943 bits per heavy atom. The van der Waals surface area contributed by atoms with Crippen LogP contribution in [0.15, 0.2) is 60.7 Å². The summed E-state index contributed by atoms with van der Waals surface area (Å²) in [6, 6.07) is 8.83. The van der Waals surface area contributed by atoms with Crippen molar-refractivity contribution in [3.63, 3.8) is 0 Å². The van der Waals surface area contributed by atoms with Crippen molar-refractivity contribution in [2.75, 3.05) is 14.2 Å². The van der Waals surface area contributed by atoms with Gasteiger partial charge in [-0.1, -0.05) is 18.2 Å². The van der Waals surface area contributed by atoms with Crippen LogP contribution in [0, 0.1) is 21.9 Å². The first kappa shape index (κ1) is 26.2. The number of nitro groups is 1. The van der Waals surface area contributed by atoms with Crippen molar-refractivity contribution in [3.05, 3.63) is 99.2 Å². The summed E-state index contributed by atoms with van der Waals surface area (Å²) >= 11 is 0. The van der Waals surface area contributed by atoms with Gasteiger partial charge in [0.2, 0.25) is 11.8 Å². The third-order valence-corrected chi connectivity index (χ3v) is 7.27. The Labute approximate surface area is 195 Å². The van der Waals surface area contributed by atoms with Crippen molar-refractivity contribution in [1.29, 1.82) is 0 Å². The topological polar surface area (TPSA) is 101 Å². The lowest BCUT2D eigenvalue weighted by atomic mass is 9.97. The zero-order valence-electron chi connectivity index (χ0n) is 18.0. The number of aromatic nitrogens is 1. The van der Waals surface area contributed by atoms with E-state index in [0.29, 0.717) is 12.1 Å². The summed E-state index contributed by atoms with van der Waals surface area (Å²) in [5, 5.41) is 8.61. The molecule has 0 aliphatic heterocycles. The number of pyridine rings is 1. The van der Waals surface area contributed by atoms with Crippen LogP contribution in [0.25, 0.3) is 0 Å². The molecule has 0 aliphatic rings. The normalized spacial score (nSPS) is 13.8. The Morgan fingerprint density at radius 2 is 1.54 bits per heavy atom. The van der Waals surface area contributed by atoms with Crippen LogP contribution in [-0.2, 0) is 25.1 Å². The van der Waals surface area contributed by atoms with Gasteiger partial charge >= 0.3 is 13.8 Å². The van der Waals surface area contributed by atoms with Crippen LogP contribution in [0.1, 0.15) is 16.7 Å². The molecule has 0 fully saturated rings. The maximum Gasteiger partial charge on any atom is 0.423 e. The summed E-state index contributed by atoms with van der Waals surface area (Å²) in [5.74, 6) is -2.34. The van der Waals surface area contributed by atoms with E-state index in [0.717, 1.165) is 62.8 Å². The van der Waals surface area contributed by atoms with Gasteiger partial charge in [-0.3, -0.25) is 14.7 Å². The van der Waals surface area contributed by atoms with Gasteiger partial charge in [0.25, 0.3) is 11.0 Å². The summed E-state index contributed by atoms with van der Waals surface area (Å²) in [5.41, 5.74) is -3.80. The minimum absolute atomic E-state index is 0.237. The number of benzene rings is 2. The standard InChI is InChI=1S/C21H16F5N2O6P/c1-32-35(31,33-2)20(13-6-9-15(22)10-7-13,34-19-5-3-4-18(23)27-19)14-8-11-17(28(29)30)16(12-14)21(24,25)26/h3-12H,1-2H3. The molecule has 2 aromatic carbocycles. The van der Waals surface area contributed by atoms with Gasteiger partial charge < -0.3 is 13.8 Å². The number of hydrogen-bond acceptors (Lipinski definition) is 7. The predicted octanol–water partition coefficient (Wildman–Crippen LogP) is 6.05. The first-order valence-corrected chi connectivity index (χ1v) is 11.1. The monoisotopic (exact) mass is 518 g/mol. The van der Waals surface area contributed by atoms with Gasteiger partial charge in [0, 0.05) is 37.5 Å². The number of alkyl halides is 3. The lowest BCUT2D eigenvalue weighted by Crippen LogP contribution is -2.36. The van der Waals surface area contributed by atoms with Crippen LogP contribution < -0.4 is 4.74 Å². The molecule has 0 saturated heterocycles. The maximum atomic E-state index is 13.9. The molecule has 0 bridgehead atoms. The average Bonchev–Trinajstić information content (AvgIpc) is 2.81. The van der Waals surface area contributed by atoms with Gasteiger partial charge in [-0.2, -0.15) is 22.5 Å². The molecule has 35 heavy (non-hydrogen) atoms. The molecule has 3 aromatic rings. The van der Waals surface area contributed by atoms with E-state index in [-0.39, 0.29) is 5.56 Å². The van der Waals surface area contributed by atoms with Crippen molar-refractivity contribution in [3.8, 4) is 5.88 Å². The fraction of sp³-hybridized carbons (Fsp3) is 0.190. The molecule has 0 amide bonds. The molecule has 0 radical (unpaired) electrons. The highest BCUT2D eigenvalue weighted by Gasteiger charge is 2.57. The second-order valence-corrected chi connectivity index (χ2v) is 9.26. The molecule has 0 saturated carbocycles. The molecule has 186 valence electrons. The molecule has 0 spiro atoms. The van der Waals surface area contributed by atoms with Crippen LogP contribution in [0.2, 0.25) is 0 Å². The van der Waals surface area contributed by atoms with Crippen molar-refractivity contribution in [1.82, 2.24) is 4.98 Å². The van der Waals surface area contributed by atoms with E-state index in [1.807, 2.05) is 0 Å². The second kappa shape index (κ2) is 9.68. The minimum Gasteiger partial charge on any atom is -0.448 e. The van der Waals surface area contributed by atoms with Gasteiger partial charge in [0.1, 0.15) is 11.4 Å². The van der Waals surface area contributed by atoms with E-state index >= 15 is 0 Å². The average molecular weight is 518 g/mol. The Balaban J connectivity index is 2.48. The van der Waals surface area contributed by atoms with Gasteiger partial charge in [0.05, 0.1) is 4.92 Å². The maximum absolute atomic E-state index is 13.9. The van der Waals surface area contributed by atoms with E-state index in [2.05, 4.69) is 4.98 Å². The first-order valence-electron chi connectivity index (χ1n) is 9.53. The van der Waals surface area contributed by atoms with Crippen LogP contribution in [-0.4, -0.2) is 24.1 Å². The molecule has 1 heterocycles. The predicted molar refractivity (Wildman–Crippen MR) is 112 cm³/mol. The number of rotatable bonds is 8. The Bertz CT molecular complexity index is 1280. The van der Waals surface area contributed by atoms with Gasteiger partial charge in [-0.25, -0.2) is 4.39 Å². The Kier molecular flexibility index (Phi) is 7.25. The van der Waals surface area contributed by atoms with E-state index in [1.54, 1.807) is 0 Å². The van der Waals surface area contributed by atoms with Crippen molar-refractivity contribution < 1.29 is 45.2 Å². The number of ether oxygens (including phenoxy) is 1. The third-order valence-electron chi connectivity index (χ3n) is 4.93. The summed E-state index contributed by atoms with van der Waals surface area (Å²) in [7, 11) is -2.88. The fourth-order valence-corrected chi connectivity index (χ4v) is 5.18. The zero-order chi connectivity index (χ0) is 26.0. The summed E-state index contributed by atoms with van der Waals surface area (Å²) < 4.78 is 98.8.